The van der Waals surface area contributed by atoms with E-state index in [1.54, 1.807) is 0 Å². The van der Waals surface area contributed by atoms with Gasteiger partial charge in [-0.2, -0.15) is 0 Å². The summed E-state index contributed by atoms with van der Waals surface area (Å²) in [6.07, 6.45) is 9.55. The minimum Gasteiger partial charge on any atom is -0.481 e. The highest BCUT2D eigenvalue weighted by Gasteiger charge is 2.09. The van der Waals surface area contributed by atoms with Gasteiger partial charge in [0.2, 0.25) is 0 Å². The van der Waals surface area contributed by atoms with Crippen molar-refractivity contribution in [1.29, 1.82) is 0 Å². The summed E-state index contributed by atoms with van der Waals surface area (Å²) in [4.78, 5) is 10.3. The minimum atomic E-state index is -0.734. The summed E-state index contributed by atoms with van der Waals surface area (Å²) in [5.74, 6) is -0.734. The molecule has 0 aliphatic heterocycles. The zero-order chi connectivity index (χ0) is 15.2. The Morgan fingerprint density at radius 2 is 1.30 bits per heavy atom. The van der Waals surface area contributed by atoms with Crippen molar-refractivity contribution >= 4 is 5.97 Å². The summed E-state index contributed by atoms with van der Waals surface area (Å²) in [6, 6.07) is 0. The third-order valence-electron chi connectivity index (χ3n) is 3.65. The molecule has 0 spiro atoms. The standard InChI is InChI=1S/C16H32O4/c1-2-3-6-9-14(17)12-13-15(18)10-7-4-5-8-11-16(19)20/h14-15,17-18H,2-13H2,1H3,(H,19,20)/t14-,15+/m0/s1. The van der Waals surface area contributed by atoms with E-state index in [0.717, 1.165) is 57.8 Å². The van der Waals surface area contributed by atoms with E-state index in [9.17, 15) is 15.0 Å². The predicted molar refractivity (Wildman–Crippen MR) is 80.7 cm³/mol. The minimum absolute atomic E-state index is 0.243. The Kier molecular flexibility index (Phi) is 13.0. The molecular formula is C16H32O4. The molecule has 20 heavy (non-hydrogen) atoms. The van der Waals surface area contributed by atoms with Crippen molar-refractivity contribution in [1.82, 2.24) is 0 Å². The smallest absolute Gasteiger partial charge is 0.303 e. The van der Waals surface area contributed by atoms with Crippen LogP contribution < -0.4 is 0 Å². The molecule has 0 rings (SSSR count). The average molecular weight is 288 g/mol. The maximum absolute atomic E-state index is 10.3. The van der Waals surface area contributed by atoms with E-state index in [2.05, 4.69) is 6.92 Å². The van der Waals surface area contributed by atoms with Crippen LogP contribution in [0.5, 0.6) is 0 Å². The van der Waals surface area contributed by atoms with Crippen LogP contribution in [0.3, 0.4) is 0 Å². The lowest BCUT2D eigenvalue weighted by molar-refractivity contribution is -0.137. The number of aliphatic hydroxyl groups excluding tert-OH is 2. The first-order valence-electron chi connectivity index (χ1n) is 8.14. The van der Waals surface area contributed by atoms with Crippen molar-refractivity contribution in [2.45, 2.75) is 96.2 Å². The number of carboxylic acids is 1. The van der Waals surface area contributed by atoms with Crippen molar-refractivity contribution in [3.8, 4) is 0 Å². The number of aliphatic carboxylic acids is 1. The van der Waals surface area contributed by atoms with Crippen molar-refractivity contribution in [3.05, 3.63) is 0 Å². The Morgan fingerprint density at radius 1 is 0.800 bits per heavy atom. The molecule has 120 valence electrons. The maximum atomic E-state index is 10.3. The Hall–Kier alpha value is -0.610. The molecular weight excluding hydrogens is 256 g/mol. The number of aliphatic hydroxyl groups is 2. The zero-order valence-corrected chi connectivity index (χ0v) is 12.9. The first-order chi connectivity index (χ1) is 9.56. The Balaban J connectivity index is 3.35. The van der Waals surface area contributed by atoms with Crippen LogP contribution in [0, 0.1) is 0 Å². The van der Waals surface area contributed by atoms with E-state index < -0.39 is 5.97 Å². The van der Waals surface area contributed by atoms with Gasteiger partial charge in [0, 0.05) is 6.42 Å². The molecule has 0 radical (unpaired) electrons. The van der Waals surface area contributed by atoms with E-state index in [1.165, 1.54) is 0 Å². The van der Waals surface area contributed by atoms with Gasteiger partial charge >= 0.3 is 5.97 Å². The topological polar surface area (TPSA) is 77.8 Å². The number of carbonyl (C=O) groups is 1. The molecule has 0 bridgehead atoms. The molecule has 0 saturated carbocycles. The lowest BCUT2D eigenvalue weighted by Gasteiger charge is -2.14. The van der Waals surface area contributed by atoms with E-state index in [1.807, 2.05) is 0 Å². The number of unbranched alkanes of at least 4 members (excludes halogenated alkanes) is 5. The largest absolute Gasteiger partial charge is 0.481 e. The second-order valence-corrected chi connectivity index (χ2v) is 5.73. The van der Waals surface area contributed by atoms with Crippen molar-refractivity contribution in [2.24, 2.45) is 0 Å². The van der Waals surface area contributed by atoms with Crippen LogP contribution >= 0.6 is 0 Å². The molecule has 4 heteroatoms. The lowest BCUT2D eigenvalue weighted by Crippen LogP contribution is -2.13. The summed E-state index contributed by atoms with van der Waals surface area (Å²) in [5.41, 5.74) is 0. The molecule has 2 atom stereocenters. The van der Waals surface area contributed by atoms with E-state index >= 15 is 0 Å². The number of hydrogen-bond donors (Lipinski definition) is 3. The van der Waals surface area contributed by atoms with Crippen LogP contribution in [-0.2, 0) is 4.79 Å². The van der Waals surface area contributed by atoms with Crippen LogP contribution in [-0.4, -0.2) is 33.5 Å². The maximum Gasteiger partial charge on any atom is 0.303 e. The number of rotatable bonds is 14. The zero-order valence-electron chi connectivity index (χ0n) is 12.9. The van der Waals surface area contributed by atoms with Gasteiger partial charge in [-0.25, -0.2) is 0 Å². The molecule has 0 aliphatic rings. The second-order valence-electron chi connectivity index (χ2n) is 5.73. The van der Waals surface area contributed by atoms with Crippen LogP contribution in [0.4, 0.5) is 0 Å². The van der Waals surface area contributed by atoms with E-state index in [0.29, 0.717) is 12.8 Å². The number of hydrogen-bond acceptors (Lipinski definition) is 3. The molecule has 4 nitrogen and oxygen atoms in total. The first kappa shape index (κ1) is 19.4. The molecule has 3 N–H and O–H groups in total. The summed E-state index contributed by atoms with van der Waals surface area (Å²) in [7, 11) is 0. The normalized spacial score (nSPS) is 14.2. The Morgan fingerprint density at radius 3 is 1.80 bits per heavy atom. The third kappa shape index (κ3) is 13.8. The van der Waals surface area contributed by atoms with E-state index in [4.69, 9.17) is 5.11 Å². The summed E-state index contributed by atoms with van der Waals surface area (Å²) >= 11 is 0. The molecule has 0 amide bonds. The molecule has 0 aliphatic carbocycles. The summed E-state index contributed by atoms with van der Waals surface area (Å²) < 4.78 is 0. The summed E-state index contributed by atoms with van der Waals surface area (Å²) in [5, 5.41) is 28.1. The molecule has 0 aromatic rings. The molecule has 0 fully saturated rings. The van der Waals surface area contributed by atoms with Gasteiger partial charge in [-0.1, -0.05) is 45.4 Å². The molecule has 0 unspecified atom stereocenters. The Labute approximate surface area is 123 Å². The SMILES string of the molecule is CCCCC[C@H](O)CC[C@H](O)CCCCCCC(=O)O. The van der Waals surface area contributed by atoms with Crippen molar-refractivity contribution in [3.63, 3.8) is 0 Å². The first-order valence-corrected chi connectivity index (χ1v) is 8.14. The molecule has 0 heterocycles. The fourth-order valence-electron chi connectivity index (χ4n) is 2.31. The highest BCUT2D eigenvalue weighted by molar-refractivity contribution is 5.66. The van der Waals surface area contributed by atoms with Crippen LogP contribution in [0.1, 0.15) is 84.0 Å². The van der Waals surface area contributed by atoms with Gasteiger partial charge in [0.25, 0.3) is 0 Å². The fourth-order valence-corrected chi connectivity index (χ4v) is 2.31. The van der Waals surface area contributed by atoms with Gasteiger partial charge in [0.1, 0.15) is 0 Å². The van der Waals surface area contributed by atoms with Gasteiger partial charge in [-0.05, 0) is 32.1 Å². The van der Waals surface area contributed by atoms with Crippen LogP contribution in [0.15, 0.2) is 0 Å². The monoisotopic (exact) mass is 288 g/mol. The molecule has 0 saturated heterocycles. The van der Waals surface area contributed by atoms with Gasteiger partial charge in [0.15, 0.2) is 0 Å². The highest BCUT2D eigenvalue weighted by atomic mass is 16.4. The average Bonchev–Trinajstić information content (AvgIpc) is 2.40. The Bertz CT molecular complexity index is 231. The highest BCUT2D eigenvalue weighted by Crippen LogP contribution is 2.14. The predicted octanol–water partition coefficient (Wildman–Crippen LogP) is 3.49. The number of carboxylic acid groups (broad SMARTS) is 1. The third-order valence-corrected chi connectivity index (χ3v) is 3.65. The van der Waals surface area contributed by atoms with Gasteiger partial charge < -0.3 is 15.3 Å². The quantitative estimate of drug-likeness (QED) is 0.428. The van der Waals surface area contributed by atoms with Crippen molar-refractivity contribution in [2.75, 3.05) is 0 Å². The molecule has 0 aromatic heterocycles. The van der Waals surface area contributed by atoms with E-state index in [-0.39, 0.29) is 18.6 Å². The van der Waals surface area contributed by atoms with Crippen LogP contribution in [0.25, 0.3) is 0 Å². The second kappa shape index (κ2) is 13.4. The van der Waals surface area contributed by atoms with Gasteiger partial charge in [-0.15, -0.1) is 0 Å². The van der Waals surface area contributed by atoms with Crippen molar-refractivity contribution < 1.29 is 20.1 Å². The summed E-state index contributed by atoms with van der Waals surface area (Å²) in [6.45, 7) is 2.15. The lowest BCUT2D eigenvalue weighted by atomic mass is 10.0. The molecule has 0 aromatic carbocycles. The van der Waals surface area contributed by atoms with Gasteiger partial charge in [-0.3, -0.25) is 4.79 Å². The van der Waals surface area contributed by atoms with Gasteiger partial charge in [0.05, 0.1) is 12.2 Å². The fraction of sp³-hybridized carbons (Fsp3) is 0.938. The van der Waals surface area contributed by atoms with Crippen LogP contribution in [0.2, 0.25) is 0 Å².